The van der Waals surface area contributed by atoms with Crippen LogP contribution in [0.1, 0.15) is 35.8 Å². The normalized spacial score (nSPS) is 23.6. The van der Waals surface area contributed by atoms with Crippen molar-refractivity contribution in [1.29, 1.82) is 0 Å². The van der Waals surface area contributed by atoms with Gasteiger partial charge in [-0.1, -0.05) is 0 Å². The topological polar surface area (TPSA) is 62.7 Å². The van der Waals surface area contributed by atoms with Gasteiger partial charge in [0.25, 0.3) is 0 Å². The molecule has 1 unspecified atom stereocenters. The summed E-state index contributed by atoms with van der Waals surface area (Å²) in [6.07, 6.45) is 3.95. The molecule has 1 aromatic heterocycles. The Balaban J connectivity index is 1.74. The number of carboxylic acids is 1. The Bertz CT molecular complexity index is 480. The first kappa shape index (κ1) is 12.9. The van der Waals surface area contributed by atoms with Crippen LogP contribution in [0.2, 0.25) is 0 Å². The molecule has 1 N–H and O–H groups in total. The predicted octanol–water partition coefficient (Wildman–Crippen LogP) is 1.87. The smallest absolute Gasteiger partial charge is 0.312 e. The number of aryl methyl sites for hydroxylation is 1. The third-order valence-electron chi connectivity index (χ3n) is 4.05. The molecule has 19 heavy (non-hydrogen) atoms. The molecule has 1 aliphatic heterocycles. The summed E-state index contributed by atoms with van der Waals surface area (Å²) in [7, 11) is 1.76. The van der Waals surface area contributed by atoms with Crippen LogP contribution in [-0.4, -0.2) is 42.4 Å². The highest BCUT2D eigenvalue weighted by Gasteiger charge is 2.33. The second-order valence-electron chi connectivity index (χ2n) is 5.16. The summed E-state index contributed by atoms with van der Waals surface area (Å²) in [5.74, 6) is -1.13. The van der Waals surface area contributed by atoms with Gasteiger partial charge < -0.3 is 14.7 Å². The molecule has 6 heteroatoms. The summed E-state index contributed by atoms with van der Waals surface area (Å²) in [4.78, 5) is 19.2. The molecule has 0 amide bonds. The number of carbonyl (C=O) groups is 1. The van der Waals surface area contributed by atoms with Gasteiger partial charge in [0.05, 0.1) is 11.8 Å². The first-order chi connectivity index (χ1) is 9.19. The lowest BCUT2D eigenvalue weighted by Gasteiger charge is -2.30. The minimum absolute atomic E-state index is 0.356. The number of nitrogens with zero attached hydrogens (tertiary/aromatic N) is 2. The van der Waals surface area contributed by atoms with Gasteiger partial charge in [-0.2, -0.15) is 0 Å². The van der Waals surface area contributed by atoms with Crippen molar-refractivity contribution >= 4 is 22.4 Å². The quantitative estimate of drug-likeness (QED) is 0.917. The summed E-state index contributed by atoms with van der Waals surface area (Å²) >= 11 is 1.67. The van der Waals surface area contributed by atoms with Gasteiger partial charge in [-0.25, -0.2) is 4.98 Å². The van der Waals surface area contributed by atoms with Crippen molar-refractivity contribution in [3.63, 3.8) is 0 Å². The zero-order valence-electron chi connectivity index (χ0n) is 11.0. The number of anilines is 1. The van der Waals surface area contributed by atoms with E-state index in [0.29, 0.717) is 12.5 Å². The third kappa shape index (κ3) is 2.34. The van der Waals surface area contributed by atoms with Gasteiger partial charge in [0.1, 0.15) is 5.92 Å². The average Bonchev–Trinajstić information content (AvgIpc) is 2.98. The fourth-order valence-corrected chi connectivity index (χ4v) is 4.06. The van der Waals surface area contributed by atoms with Crippen molar-refractivity contribution in [3.8, 4) is 0 Å². The standard InChI is InChI=1S/C13H18N2O3S/c1-18-8-4-6-15(7-5-8)13-14-11-9(12(16)17)2-3-10(11)19-13/h8-9H,2-7H2,1H3,(H,16,17). The number of hydrogen-bond acceptors (Lipinski definition) is 5. The van der Waals surface area contributed by atoms with E-state index in [2.05, 4.69) is 9.88 Å². The number of ether oxygens (including phenoxy) is 1. The van der Waals surface area contributed by atoms with Gasteiger partial charge in [0, 0.05) is 25.1 Å². The number of methoxy groups -OCH3 is 1. The van der Waals surface area contributed by atoms with Gasteiger partial charge in [0.2, 0.25) is 0 Å². The van der Waals surface area contributed by atoms with Gasteiger partial charge >= 0.3 is 5.97 Å². The molecule has 1 fully saturated rings. The molecule has 0 saturated carbocycles. The Hall–Kier alpha value is -1.14. The molecule has 0 aromatic carbocycles. The van der Waals surface area contributed by atoms with Gasteiger partial charge in [-0.05, 0) is 25.7 Å². The number of piperidine rings is 1. The number of fused-ring (bicyclic) bond motifs is 1. The number of hydrogen-bond donors (Lipinski definition) is 1. The maximum atomic E-state index is 11.2. The molecule has 1 atom stereocenters. The summed E-state index contributed by atoms with van der Waals surface area (Å²) in [6.45, 7) is 1.89. The fourth-order valence-electron chi connectivity index (χ4n) is 2.87. The van der Waals surface area contributed by atoms with E-state index >= 15 is 0 Å². The molecule has 1 saturated heterocycles. The van der Waals surface area contributed by atoms with E-state index in [1.165, 1.54) is 0 Å². The third-order valence-corrected chi connectivity index (χ3v) is 5.24. The van der Waals surface area contributed by atoms with Crippen molar-refractivity contribution in [2.45, 2.75) is 37.7 Å². The Labute approximate surface area is 116 Å². The molecule has 0 bridgehead atoms. The Kier molecular flexibility index (Phi) is 3.45. The molecule has 0 radical (unpaired) electrons. The van der Waals surface area contributed by atoms with Crippen LogP contribution in [0.3, 0.4) is 0 Å². The van der Waals surface area contributed by atoms with E-state index < -0.39 is 11.9 Å². The lowest BCUT2D eigenvalue weighted by Crippen LogP contribution is -2.36. The Morgan fingerprint density at radius 2 is 2.16 bits per heavy atom. The monoisotopic (exact) mass is 282 g/mol. The molecule has 5 nitrogen and oxygen atoms in total. The van der Waals surface area contributed by atoms with Crippen LogP contribution in [0.4, 0.5) is 5.13 Å². The van der Waals surface area contributed by atoms with Crippen molar-refractivity contribution in [1.82, 2.24) is 4.98 Å². The van der Waals surface area contributed by atoms with Crippen molar-refractivity contribution in [3.05, 3.63) is 10.6 Å². The van der Waals surface area contributed by atoms with Crippen LogP contribution in [0, 0.1) is 0 Å². The van der Waals surface area contributed by atoms with E-state index in [0.717, 1.165) is 48.1 Å². The first-order valence-corrected chi connectivity index (χ1v) is 7.51. The molecule has 2 heterocycles. The van der Waals surface area contributed by atoms with Crippen molar-refractivity contribution < 1.29 is 14.6 Å². The van der Waals surface area contributed by atoms with E-state index in [9.17, 15) is 9.90 Å². The van der Waals surface area contributed by atoms with Crippen LogP contribution in [0.15, 0.2) is 0 Å². The highest BCUT2D eigenvalue weighted by Crippen LogP contribution is 2.40. The Morgan fingerprint density at radius 1 is 1.42 bits per heavy atom. The predicted molar refractivity (Wildman–Crippen MR) is 73.1 cm³/mol. The summed E-state index contributed by atoms with van der Waals surface area (Å²) in [6, 6.07) is 0. The van der Waals surface area contributed by atoms with Gasteiger partial charge in [-0.3, -0.25) is 4.79 Å². The van der Waals surface area contributed by atoms with Crippen LogP contribution in [0.5, 0.6) is 0 Å². The number of thiazole rings is 1. The highest BCUT2D eigenvalue weighted by molar-refractivity contribution is 7.15. The molecule has 0 spiro atoms. The minimum Gasteiger partial charge on any atom is -0.481 e. The van der Waals surface area contributed by atoms with Crippen LogP contribution >= 0.6 is 11.3 Å². The number of rotatable bonds is 3. The second kappa shape index (κ2) is 5.09. The summed E-state index contributed by atoms with van der Waals surface area (Å²) in [5.41, 5.74) is 0.807. The van der Waals surface area contributed by atoms with E-state index in [1.54, 1.807) is 18.4 Å². The zero-order valence-corrected chi connectivity index (χ0v) is 11.8. The van der Waals surface area contributed by atoms with Gasteiger partial charge in [-0.15, -0.1) is 11.3 Å². The van der Waals surface area contributed by atoms with Gasteiger partial charge in [0.15, 0.2) is 5.13 Å². The summed E-state index contributed by atoms with van der Waals surface area (Å²) in [5, 5.41) is 10.2. The van der Waals surface area contributed by atoms with E-state index in [1.807, 2.05) is 0 Å². The minimum atomic E-state index is -0.742. The number of carboxylic acid groups (broad SMARTS) is 1. The molecule has 1 aromatic rings. The molecular formula is C13H18N2O3S. The van der Waals surface area contributed by atoms with Crippen molar-refractivity contribution in [2.24, 2.45) is 0 Å². The molecule has 104 valence electrons. The second-order valence-corrected chi connectivity index (χ2v) is 6.22. The van der Waals surface area contributed by atoms with E-state index in [-0.39, 0.29) is 0 Å². The number of aliphatic carboxylic acids is 1. The van der Waals surface area contributed by atoms with Crippen molar-refractivity contribution in [2.75, 3.05) is 25.1 Å². The summed E-state index contributed by atoms with van der Waals surface area (Å²) < 4.78 is 5.36. The Morgan fingerprint density at radius 3 is 2.79 bits per heavy atom. The first-order valence-electron chi connectivity index (χ1n) is 6.69. The highest BCUT2D eigenvalue weighted by atomic mass is 32.1. The maximum Gasteiger partial charge on any atom is 0.312 e. The molecule has 2 aliphatic rings. The maximum absolute atomic E-state index is 11.2. The molecule has 3 rings (SSSR count). The molecular weight excluding hydrogens is 264 g/mol. The van der Waals surface area contributed by atoms with Crippen LogP contribution in [0.25, 0.3) is 0 Å². The lowest BCUT2D eigenvalue weighted by molar-refractivity contribution is -0.138. The van der Waals surface area contributed by atoms with E-state index in [4.69, 9.17) is 4.74 Å². The zero-order chi connectivity index (χ0) is 13.4. The number of aromatic nitrogens is 1. The lowest BCUT2D eigenvalue weighted by atomic mass is 10.1. The largest absolute Gasteiger partial charge is 0.481 e. The average molecular weight is 282 g/mol. The SMILES string of the molecule is COC1CCN(c2nc3c(s2)CCC3C(=O)O)CC1. The van der Waals surface area contributed by atoms with Crippen LogP contribution in [-0.2, 0) is 16.0 Å². The molecule has 1 aliphatic carbocycles. The fraction of sp³-hybridized carbons (Fsp3) is 0.692. The van der Waals surface area contributed by atoms with Crippen LogP contribution < -0.4 is 4.90 Å².